The minimum Gasteiger partial charge on any atom is -0.507 e. The normalized spacial score (nSPS) is 10.6. The Hall–Kier alpha value is -3.45. The summed E-state index contributed by atoms with van der Waals surface area (Å²) in [6.07, 6.45) is 0. The number of carboxylic acids is 1. The number of benzene rings is 2. The van der Waals surface area contributed by atoms with Gasteiger partial charge >= 0.3 is 5.97 Å². The van der Waals surface area contributed by atoms with Crippen molar-refractivity contribution in [3.05, 3.63) is 76.1 Å². The first kappa shape index (κ1) is 18.3. The Morgan fingerprint density at radius 1 is 1.04 bits per heavy atom. The average Bonchev–Trinajstić information content (AvgIpc) is 2.61. The minimum atomic E-state index is -1.24. The zero-order chi connectivity index (χ0) is 19.7. The number of aromatic nitrogens is 1. The molecule has 0 amide bonds. The van der Waals surface area contributed by atoms with Crippen molar-refractivity contribution in [3.8, 4) is 17.0 Å². The molecule has 0 aliphatic carbocycles. The van der Waals surface area contributed by atoms with Crippen LogP contribution >= 0.6 is 11.6 Å². The highest BCUT2D eigenvalue weighted by molar-refractivity contribution is 6.30. The first-order valence-corrected chi connectivity index (χ1v) is 7.98. The van der Waals surface area contributed by atoms with Crippen molar-refractivity contribution in [2.45, 2.75) is 0 Å². The lowest BCUT2D eigenvalue weighted by Gasteiger charge is -2.09. The molecule has 0 bridgehead atoms. The highest BCUT2D eigenvalue weighted by atomic mass is 35.5. The van der Waals surface area contributed by atoms with Gasteiger partial charge in [0.15, 0.2) is 5.78 Å². The number of halogens is 2. The standard InChI is InChI=1S/C19H12ClFN2O4/c20-10-2-3-11(14(21)8-10)17(25)9-1-6-16(24)13(7-9)15-5-4-12(19(26)27)18(22)23-15/h1-8,24H,(H2,22,23)(H,26,27). The summed E-state index contributed by atoms with van der Waals surface area (Å²) in [5, 5.41) is 19.3. The van der Waals surface area contributed by atoms with Crippen molar-refractivity contribution in [3.63, 3.8) is 0 Å². The summed E-state index contributed by atoms with van der Waals surface area (Å²) < 4.78 is 14.0. The van der Waals surface area contributed by atoms with E-state index < -0.39 is 17.6 Å². The van der Waals surface area contributed by atoms with E-state index in [1.54, 1.807) is 0 Å². The molecule has 3 aromatic rings. The summed E-state index contributed by atoms with van der Waals surface area (Å²) in [5.74, 6) is -3.05. The molecule has 0 spiro atoms. The molecule has 3 rings (SSSR count). The van der Waals surface area contributed by atoms with Crippen molar-refractivity contribution in [1.82, 2.24) is 4.98 Å². The van der Waals surface area contributed by atoms with Crippen LogP contribution in [0.4, 0.5) is 10.2 Å². The number of carbonyl (C=O) groups is 2. The summed E-state index contributed by atoms with van der Waals surface area (Å²) in [7, 11) is 0. The molecular weight excluding hydrogens is 375 g/mol. The largest absolute Gasteiger partial charge is 0.507 e. The van der Waals surface area contributed by atoms with Gasteiger partial charge in [-0.05, 0) is 48.5 Å². The number of phenols is 1. The van der Waals surface area contributed by atoms with E-state index in [9.17, 15) is 19.1 Å². The van der Waals surface area contributed by atoms with E-state index in [2.05, 4.69) is 4.98 Å². The molecule has 8 heteroatoms. The summed E-state index contributed by atoms with van der Waals surface area (Å²) in [6, 6.07) is 10.2. The first-order chi connectivity index (χ1) is 12.8. The van der Waals surface area contributed by atoms with Crippen molar-refractivity contribution >= 4 is 29.2 Å². The Kier molecular flexibility index (Phi) is 4.79. The Bertz CT molecular complexity index is 1090. The summed E-state index contributed by atoms with van der Waals surface area (Å²) >= 11 is 5.70. The maximum absolute atomic E-state index is 14.0. The smallest absolute Gasteiger partial charge is 0.339 e. The number of nitrogens with zero attached hydrogens (tertiary/aromatic N) is 1. The van der Waals surface area contributed by atoms with Gasteiger partial charge in [0.25, 0.3) is 0 Å². The number of anilines is 1. The number of aromatic hydroxyl groups is 1. The van der Waals surface area contributed by atoms with Gasteiger partial charge in [-0.15, -0.1) is 0 Å². The second kappa shape index (κ2) is 7.05. The molecule has 1 aromatic heterocycles. The van der Waals surface area contributed by atoms with Crippen LogP contribution in [0.1, 0.15) is 26.3 Å². The lowest BCUT2D eigenvalue weighted by Crippen LogP contribution is -2.06. The van der Waals surface area contributed by atoms with Crippen LogP contribution in [-0.4, -0.2) is 26.9 Å². The van der Waals surface area contributed by atoms with Gasteiger partial charge < -0.3 is 15.9 Å². The van der Waals surface area contributed by atoms with Crippen molar-refractivity contribution < 1.29 is 24.2 Å². The number of pyridine rings is 1. The van der Waals surface area contributed by atoms with Crippen LogP contribution in [0.15, 0.2) is 48.5 Å². The molecule has 4 N–H and O–H groups in total. The molecule has 2 aromatic carbocycles. The number of hydrogen-bond donors (Lipinski definition) is 3. The second-order valence-corrected chi connectivity index (χ2v) is 6.06. The molecule has 27 heavy (non-hydrogen) atoms. The van der Waals surface area contributed by atoms with Crippen LogP contribution in [0.2, 0.25) is 5.02 Å². The maximum atomic E-state index is 14.0. The molecule has 0 atom stereocenters. The number of nitrogens with two attached hydrogens (primary N) is 1. The fourth-order valence-corrected chi connectivity index (χ4v) is 2.68. The first-order valence-electron chi connectivity index (χ1n) is 7.61. The number of hydrogen-bond acceptors (Lipinski definition) is 5. The van der Waals surface area contributed by atoms with Crippen LogP contribution in [0.25, 0.3) is 11.3 Å². The molecular formula is C19H12ClFN2O4. The third-order valence-corrected chi connectivity index (χ3v) is 4.10. The topological polar surface area (TPSA) is 114 Å². The third kappa shape index (κ3) is 3.58. The molecule has 1 heterocycles. The second-order valence-electron chi connectivity index (χ2n) is 5.62. The van der Waals surface area contributed by atoms with E-state index in [0.717, 1.165) is 6.07 Å². The molecule has 0 aliphatic heterocycles. The Labute approximate surface area is 157 Å². The van der Waals surface area contributed by atoms with Crippen LogP contribution in [0.5, 0.6) is 5.75 Å². The SMILES string of the molecule is Nc1nc(-c2cc(C(=O)c3ccc(Cl)cc3F)ccc2O)ccc1C(=O)O. The third-order valence-electron chi connectivity index (χ3n) is 3.87. The minimum absolute atomic E-state index is 0.103. The fourth-order valence-electron chi connectivity index (χ4n) is 2.52. The average molecular weight is 387 g/mol. The molecule has 0 aliphatic rings. The fraction of sp³-hybridized carbons (Fsp3) is 0. The number of aromatic carboxylic acids is 1. The highest BCUT2D eigenvalue weighted by Crippen LogP contribution is 2.31. The van der Waals surface area contributed by atoms with Crippen molar-refractivity contribution in [1.29, 1.82) is 0 Å². The molecule has 0 fully saturated rings. The number of carboxylic acid groups (broad SMARTS) is 1. The number of rotatable bonds is 4. The molecule has 0 radical (unpaired) electrons. The van der Waals surface area contributed by atoms with E-state index in [1.165, 1.54) is 42.5 Å². The van der Waals surface area contributed by atoms with Crippen molar-refractivity contribution in [2.75, 3.05) is 5.73 Å². The van der Waals surface area contributed by atoms with Crippen LogP contribution in [-0.2, 0) is 0 Å². The van der Waals surface area contributed by atoms with Gasteiger partial charge in [0.05, 0.1) is 11.3 Å². The zero-order valence-corrected chi connectivity index (χ0v) is 14.4. The van der Waals surface area contributed by atoms with E-state index in [0.29, 0.717) is 0 Å². The van der Waals surface area contributed by atoms with Crippen LogP contribution in [0, 0.1) is 5.82 Å². The van der Waals surface area contributed by atoms with E-state index in [4.69, 9.17) is 22.4 Å². The van der Waals surface area contributed by atoms with E-state index >= 15 is 0 Å². The summed E-state index contributed by atoms with van der Waals surface area (Å²) in [5.41, 5.74) is 5.69. The summed E-state index contributed by atoms with van der Waals surface area (Å²) in [6.45, 7) is 0. The summed E-state index contributed by atoms with van der Waals surface area (Å²) in [4.78, 5) is 27.6. The molecule has 0 saturated carbocycles. The quantitative estimate of drug-likeness (QED) is 0.588. The molecule has 6 nitrogen and oxygen atoms in total. The van der Waals surface area contributed by atoms with Gasteiger partial charge in [0, 0.05) is 16.1 Å². The number of carbonyl (C=O) groups excluding carboxylic acids is 1. The van der Waals surface area contributed by atoms with Gasteiger partial charge in [0.1, 0.15) is 22.9 Å². The number of ketones is 1. The predicted molar refractivity (Wildman–Crippen MR) is 97.6 cm³/mol. The Morgan fingerprint density at radius 3 is 2.37 bits per heavy atom. The van der Waals surface area contributed by atoms with E-state index in [-0.39, 0.29) is 44.5 Å². The lowest BCUT2D eigenvalue weighted by atomic mass is 9.99. The highest BCUT2D eigenvalue weighted by Gasteiger charge is 2.18. The van der Waals surface area contributed by atoms with Gasteiger partial charge in [-0.2, -0.15) is 0 Å². The lowest BCUT2D eigenvalue weighted by molar-refractivity contribution is 0.0697. The molecule has 0 saturated heterocycles. The van der Waals surface area contributed by atoms with Crippen molar-refractivity contribution in [2.24, 2.45) is 0 Å². The Morgan fingerprint density at radius 2 is 1.74 bits per heavy atom. The van der Waals surface area contributed by atoms with Gasteiger partial charge in [0.2, 0.25) is 0 Å². The number of nitrogen functional groups attached to an aromatic ring is 1. The van der Waals surface area contributed by atoms with Gasteiger partial charge in [-0.3, -0.25) is 4.79 Å². The van der Waals surface area contributed by atoms with E-state index in [1.807, 2.05) is 0 Å². The molecule has 0 unspecified atom stereocenters. The van der Waals surface area contributed by atoms with Crippen LogP contribution < -0.4 is 5.73 Å². The van der Waals surface area contributed by atoms with Crippen LogP contribution in [0.3, 0.4) is 0 Å². The van der Waals surface area contributed by atoms with Gasteiger partial charge in [-0.25, -0.2) is 14.2 Å². The number of phenolic OH excluding ortho intramolecular Hbond substituents is 1. The Balaban J connectivity index is 2.06. The van der Waals surface area contributed by atoms with Gasteiger partial charge in [-0.1, -0.05) is 11.6 Å². The zero-order valence-electron chi connectivity index (χ0n) is 13.6. The monoisotopic (exact) mass is 386 g/mol. The maximum Gasteiger partial charge on any atom is 0.339 e. The predicted octanol–water partition coefficient (Wildman–Crippen LogP) is 3.76. The molecule has 136 valence electrons.